The van der Waals surface area contributed by atoms with Crippen LogP contribution in [-0.2, 0) is 9.59 Å². The highest BCUT2D eigenvalue weighted by Gasteiger charge is 2.18. The van der Waals surface area contributed by atoms with Crippen molar-refractivity contribution in [1.82, 2.24) is 10.3 Å². The van der Waals surface area contributed by atoms with Crippen molar-refractivity contribution < 1.29 is 23.9 Å². The standard InChI is InChI=1S/C38H36N4O5S2/c1-4-46-30-17-11-26(12-18-30)23-33(40-36(44)28-9-7-6-8-10-28)37(45)39-29-15-21-32(22-16-29)49-25(3)35(43)42-38-41-34(24-48-38)27-13-19-31(20-14-27)47-5-2/h6-25H,4-5H2,1-3H3,(H,39,45)(H,40,44)(H,41,42,43)/b33-23-. The van der Waals surface area contributed by atoms with Gasteiger partial charge in [0.2, 0.25) is 5.91 Å². The van der Waals surface area contributed by atoms with Crippen LogP contribution in [0.25, 0.3) is 17.3 Å². The molecule has 0 saturated heterocycles. The molecule has 0 fully saturated rings. The molecule has 1 unspecified atom stereocenters. The van der Waals surface area contributed by atoms with Crippen molar-refractivity contribution in [3.05, 3.63) is 125 Å². The molecule has 0 bridgehead atoms. The Hall–Kier alpha value is -5.39. The molecule has 11 heteroatoms. The predicted octanol–water partition coefficient (Wildman–Crippen LogP) is 8.14. The average molecular weight is 693 g/mol. The van der Waals surface area contributed by atoms with Crippen molar-refractivity contribution in [2.24, 2.45) is 0 Å². The number of amides is 3. The van der Waals surface area contributed by atoms with Gasteiger partial charge in [0.25, 0.3) is 11.8 Å². The molecule has 5 aromatic rings. The number of thiazole rings is 1. The van der Waals surface area contributed by atoms with Gasteiger partial charge in [-0.15, -0.1) is 23.1 Å². The number of thioether (sulfide) groups is 1. The Kier molecular flexibility index (Phi) is 12.2. The molecule has 0 aliphatic rings. The quantitative estimate of drug-likeness (QED) is 0.0794. The number of carbonyl (C=O) groups is 3. The molecular formula is C38H36N4O5S2. The molecule has 1 atom stereocenters. The topological polar surface area (TPSA) is 119 Å². The van der Waals surface area contributed by atoms with Crippen molar-refractivity contribution in [2.75, 3.05) is 23.8 Å². The van der Waals surface area contributed by atoms with E-state index in [-0.39, 0.29) is 11.6 Å². The van der Waals surface area contributed by atoms with Crippen LogP contribution in [0.3, 0.4) is 0 Å². The smallest absolute Gasteiger partial charge is 0.272 e. The summed E-state index contributed by atoms with van der Waals surface area (Å²) in [6, 6.07) is 30.8. The second-order valence-electron chi connectivity index (χ2n) is 10.6. The van der Waals surface area contributed by atoms with Gasteiger partial charge in [-0.25, -0.2) is 4.98 Å². The minimum Gasteiger partial charge on any atom is -0.494 e. The molecule has 0 aliphatic heterocycles. The molecule has 3 N–H and O–H groups in total. The molecule has 0 aliphatic carbocycles. The zero-order chi connectivity index (χ0) is 34.6. The summed E-state index contributed by atoms with van der Waals surface area (Å²) in [5, 5.41) is 10.5. The molecule has 0 radical (unpaired) electrons. The van der Waals surface area contributed by atoms with Crippen molar-refractivity contribution in [1.29, 1.82) is 0 Å². The second-order valence-corrected chi connectivity index (χ2v) is 12.9. The number of hydrogen-bond acceptors (Lipinski definition) is 8. The van der Waals surface area contributed by atoms with Crippen LogP contribution in [0.1, 0.15) is 36.7 Å². The highest BCUT2D eigenvalue weighted by molar-refractivity contribution is 8.00. The van der Waals surface area contributed by atoms with Crippen LogP contribution in [-0.4, -0.2) is 41.2 Å². The van der Waals surface area contributed by atoms with Crippen molar-refractivity contribution in [2.45, 2.75) is 30.9 Å². The van der Waals surface area contributed by atoms with Gasteiger partial charge in [0.05, 0.1) is 24.2 Å². The van der Waals surface area contributed by atoms with Crippen molar-refractivity contribution >= 4 is 57.7 Å². The van der Waals surface area contributed by atoms with Gasteiger partial charge >= 0.3 is 0 Å². The van der Waals surface area contributed by atoms with E-state index in [9.17, 15) is 14.4 Å². The third-order valence-corrected chi connectivity index (χ3v) is 8.89. The monoisotopic (exact) mass is 692 g/mol. The number of nitrogens with zero attached hydrogens (tertiary/aromatic N) is 1. The van der Waals surface area contributed by atoms with Gasteiger partial charge in [0, 0.05) is 27.1 Å². The molecule has 1 aromatic heterocycles. The van der Waals surface area contributed by atoms with E-state index in [0.29, 0.717) is 40.9 Å². The molecule has 9 nitrogen and oxygen atoms in total. The highest BCUT2D eigenvalue weighted by atomic mass is 32.2. The zero-order valence-corrected chi connectivity index (χ0v) is 28.9. The third kappa shape index (κ3) is 10.1. The molecule has 5 rings (SSSR count). The van der Waals surface area contributed by atoms with Gasteiger partial charge < -0.3 is 25.4 Å². The second kappa shape index (κ2) is 17.1. The molecule has 3 amide bonds. The summed E-state index contributed by atoms with van der Waals surface area (Å²) in [5.41, 5.74) is 3.46. The van der Waals surface area contributed by atoms with Crippen LogP contribution >= 0.6 is 23.1 Å². The lowest BCUT2D eigenvalue weighted by atomic mass is 10.1. The number of carbonyl (C=O) groups excluding carboxylic acids is 3. The first-order valence-electron chi connectivity index (χ1n) is 15.7. The fourth-order valence-corrected chi connectivity index (χ4v) is 6.16. The third-order valence-electron chi connectivity index (χ3n) is 7.02. The molecular weight excluding hydrogens is 657 g/mol. The lowest BCUT2D eigenvalue weighted by Crippen LogP contribution is -2.30. The van der Waals surface area contributed by atoms with Gasteiger partial charge in [-0.2, -0.15) is 0 Å². The summed E-state index contributed by atoms with van der Waals surface area (Å²) in [6.45, 7) is 6.81. The highest BCUT2D eigenvalue weighted by Crippen LogP contribution is 2.29. The number of benzene rings is 4. The number of hydrogen-bond donors (Lipinski definition) is 3. The van der Waals surface area contributed by atoms with Crippen molar-refractivity contribution in [3.63, 3.8) is 0 Å². The first-order chi connectivity index (χ1) is 23.8. The Morgan fingerprint density at radius 1 is 0.816 bits per heavy atom. The van der Waals surface area contributed by atoms with Crippen molar-refractivity contribution in [3.8, 4) is 22.8 Å². The fraction of sp³-hybridized carbons (Fsp3) is 0.158. The number of nitrogens with one attached hydrogen (secondary N) is 3. The summed E-state index contributed by atoms with van der Waals surface area (Å²) in [6.07, 6.45) is 1.61. The van der Waals surface area contributed by atoms with Crippen LogP contribution in [0, 0.1) is 0 Å². The molecule has 0 saturated carbocycles. The predicted molar refractivity (Wildman–Crippen MR) is 197 cm³/mol. The van der Waals surface area contributed by atoms with E-state index in [1.54, 1.807) is 54.6 Å². The molecule has 250 valence electrons. The van der Waals surface area contributed by atoms with Gasteiger partial charge in [0.15, 0.2) is 5.13 Å². The van der Waals surface area contributed by atoms with Gasteiger partial charge in [-0.3, -0.25) is 14.4 Å². The Labute approximate surface area is 293 Å². The first kappa shape index (κ1) is 34.9. The molecule has 4 aromatic carbocycles. The Morgan fingerprint density at radius 2 is 1.45 bits per heavy atom. The minimum absolute atomic E-state index is 0.0784. The van der Waals surface area contributed by atoms with Crippen LogP contribution < -0.4 is 25.4 Å². The number of ether oxygens (including phenoxy) is 2. The minimum atomic E-state index is -0.487. The number of aromatic nitrogens is 1. The molecule has 49 heavy (non-hydrogen) atoms. The SMILES string of the molecule is CCOc1ccc(/C=C(\NC(=O)c2ccccc2)C(=O)Nc2ccc(SC(C)C(=O)Nc3nc(-c4ccc(OCC)cc4)cs3)cc2)cc1. The van der Waals surface area contributed by atoms with E-state index in [1.807, 2.05) is 80.7 Å². The average Bonchev–Trinajstić information content (AvgIpc) is 3.59. The van der Waals surface area contributed by atoms with E-state index >= 15 is 0 Å². The van der Waals surface area contributed by atoms with E-state index in [1.165, 1.54) is 23.1 Å². The number of rotatable bonds is 14. The Balaban J connectivity index is 1.20. The van der Waals surface area contributed by atoms with Crippen LogP contribution in [0.4, 0.5) is 10.8 Å². The summed E-state index contributed by atoms with van der Waals surface area (Å²) < 4.78 is 11.0. The zero-order valence-electron chi connectivity index (χ0n) is 27.3. The largest absolute Gasteiger partial charge is 0.494 e. The van der Waals surface area contributed by atoms with E-state index in [2.05, 4.69) is 20.9 Å². The summed E-state index contributed by atoms with van der Waals surface area (Å²) in [4.78, 5) is 44.8. The van der Waals surface area contributed by atoms with E-state index < -0.39 is 17.1 Å². The molecule has 1 heterocycles. The van der Waals surface area contributed by atoms with Crippen LogP contribution in [0.15, 0.2) is 119 Å². The van der Waals surface area contributed by atoms with Crippen LogP contribution in [0.2, 0.25) is 0 Å². The summed E-state index contributed by atoms with van der Waals surface area (Å²) in [5.74, 6) is 0.441. The lowest BCUT2D eigenvalue weighted by Gasteiger charge is -2.13. The lowest BCUT2D eigenvalue weighted by molar-refractivity contribution is -0.115. The van der Waals surface area contributed by atoms with Gasteiger partial charge in [-0.1, -0.05) is 30.3 Å². The maximum absolute atomic E-state index is 13.4. The first-order valence-corrected chi connectivity index (χ1v) is 17.5. The summed E-state index contributed by atoms with van der Waals surface area (Å²) >= 11 is 2.75. The Morgan fingerprint density at radius 3 is 2.08 bits per heavy atom. The maximum atomic E-state index is 13.4. The van der Waals surface area contributed by atoms with Gasteiger partial charge in [-0.05, 0) is 105 Å². The van der Waals surface area contributed by atoms with Crippen LogP contribution in [0.5, 0.6) is 11.5 Å². The fourth-order valence-electron chi connectivity index (χ4n) is 4.57. The van der Waals surface area contributed by atoms with Gasteiger partial charge in [0.1, 0.15) is 17.2 Å². The maximum Gasteiger partial charge on any atom is 0.272 e. The van der Waals surface area contributed by atoms with E-state index in [0.717, 1.165) is 21.9 Å². The summed E-state index contributed by atoms with van der Waals surface area (Å²) in [7, 11) is 0. The Bertz CT molecular complexity index is 1890. The number of anilines is 2. The molecule has 0 spiro atoms. The van der Waals surface area contributed by atoms with E-state index in [4.69, 9.17) is 9.47 Å². The normalized spacial score (nSPS) is 11.7.